The Balaban J connectivity index is 1.84. The van der Waals surface area contributed by atoms with E-state index in [9.17, 15) is 0 Å². The minimum absolute atomic E-state index is 0.801. The van der Waals surface area contributed by atoms with Crippen LogP contribution in [-0.2, 0) is 13.6 Å². The number of aryl methyl sites for hydroxylation is 3. The molecule has 112 valence electrons. The third kappa shape index (κ3) is 2.10. The molecule has 0 amide bonds. The molecule has 0 aliphatic rings. The second kappa shape index (κ2) is 5.07. The van der Waals surface area contributed by atoms with Crippen LogP contribution in [0.25, 0.3) is 20.4 Å². The van der Waals surface area contributed by atoms with Crippen LogP contribution < -0.4 is 5.32 Å². The van der Waals surface area contributed by atoms with E-state index in [2.05, 4.69) is 45.2 Å². The minimum Gasteiger partial charge on any atom is -0.363 e. The van der Waals surface area contributed by atoms with E-state index >= 15 is 0 Å². The van der Waals surface area contributed by atoms with Gasteiger partial charge in [-0.3, -0.25) is 4.68 Å². The largest absolute Gasteiger partial charge is 0.363 e. The van der Waals surface area contributed by atoms with Crippen LogP contribution in [0.15, 0.2) is 22.9 Å². The molecule has 0 aliphatic carbocycles. The van der Waals surface area contributed by atoms with Crippen LogP contribution in [-0.4, -0.2) is 14.8 Å². The first-order valence-electron chi connectivity index (χ1n) is 7.12. The molecule has 0 unspecified atom stereocenters. The van der Waals surface area contributed by atoms with Gasteiger partial charge in [-0.05, 0) is 47.9 Å². The Hall–Kier alpha value is -1.92. The molecule has 0 spiro atoms. The maximum Gasteiger partial charge on any atom is 0.166 e. The van der Waals surface area contributed by atoms with E-state index in [-0.39, 0.29) is 0 Å². The van der Waals surface area contributed by atoms with E-state index in [1.54, 1.807) is 22.7 Å². The summed E-state index contributed by atoms with van der Waals surface area (Å²) in [6.07, 6.45) is 0. The molecule has 0 atom stereocenters. The number of hydrogen-bond acceptors (Lipinski definition) is 5. The van der Waals surface area contributed by atoms with Crippen LogP contribution in [0, 0.1) is 13.8 Å². The van der Waals surface area contributed by atoms with Crippen molar-refractivity contribution in [1.29, 1.82) is 0 Å². The molecular formula is C16H16N4S2. The van der Waals surface area contributed by atoms with Crippen molar-refractivity contribution in [3.8, 4) is 0 Å². The Bertz CT molecular complexity index is 963. The Morgan fingerprint density at radius 3 is 2.95 bits per heavy atom. The zero-order valence-electron chi connectivity index (χ0n) is 12.7. The Morgan fingerprint density at radius 1 is 1.32 bits per heavy atom. The fourth-order valence-electron chi connectivity index (χ4n) is 2.83. The molecule has 4 aromatic rings. The molecule has 6 heteroatoms. The molecule has 4 rings (SSSR count). The van der Waals surface area contributed by atoms with E-state index in [0.717, 1.165) is 22.9 Å². The summed E-state index contributed by atoms with van der Waals surface area (Å²) in [5.41, 5.74) is 4.80. The molecule has 1 N–H and O–H groups in total. The van der Waals surface area contributed by atoms with Crippen LogP contribution in [0.4, 0.5) is 5.82 Å². The van der Waals surface area contributed by atoms with Crippen molar-refractivity contribution in [3.05, 3.63) is 39.7 Å². The van der Waals surface area contributed by atoms with Crippen molar-refractivity contribution in [3.63, 3.8) is 0 Å². The van der Waals surface area contributed by atoms with E-state index in [1.807, 2.05) is 18.7 Å². The smallest absolute Gasteiger partial charge is 0.166 e. The van der Waals surface area contributed by atoms with Gasteiger partial charge in [0, 0.05) is 24.7 Å². The highest BCUT2D eigenvalue weighted by Crippen LogP contribution is 2.38. The lowest BCUT2D eigenvalue weighted by atomic mass is 10.1. The minimum atomic E-state index is 0.801. The van der Waals surface area contributed by atoms with E-state index in [1.165, 1.54) is 26.7 Å². The monoisotopic (exact) mass is 328 g/mol. The highest BCUT2D eigenvalue weighted by atomic mass is 32.1. The molecule has 22 heavy (non-hydrogen) atoms. The summed E-state index contributed by atoms with van der Waals surface area (Å²) in [4.78, 5) is 5.79. The molecule has 4 heterocycles. The van der Waals surface area contributed by atoms with Gasteiger partial charge >= 0.3 is 0 Å². The van der Waals surface area contributed by atoms with Gasteiger partial charge in [0.1, 0.15) is 4.83 Å². The molecule has 4 nitrogen and oxygen atoms in total. The number of aromatic nitrogens is 3. The summed E-state index contributed by atoms with van der Waals surface area (Å²) in [5, 5.41) is 13.6. The summed E-state index contributed by atoms with van der Waals surface area (Å²) in [6.45, 7) is 4.99. The van der Waals surface area contributed by atoms with Gasteiger partial charge in [0.2, 0.25) is 0 Å². The fourth-order valence-corrected chi connectivity index (χ4v) is 4.78. The second-order valence-electron chi connectivity index (χ2n) is 5.50. The fraction of sp³-hybridized carbons (Fsp3) is 0.250. The number of fused-ring (bicyclic) bond motifs is 3. The van der Waals surface area contributed by atoms with Gasteiger partial charge in [-0.1, -0.05) is 0 Å². The van der Waals surface area contributed by atoms with Gasteiger partial charge in [-0.25, -0.2) is 4.98 Å². The van der Waals surface area contributed by atoms with Gasteiger partial charge in [-0.2, -0.15) is 16.4 Å². The number of nitrogens with one attached hydrogen (secondary N) is 1. The average Bonchev–Trinajstić information content (AvgIpc) is 3.14. The first-order chi connectivity index (χ1) is 10.6. The normalized spacial score (nSPS) is 11.6. The predicted molar refractivity (Wildman–Crippen MR) is 95.0 cm³/mol. The zero-order valence-corrected chi connectivity index (χ0v) is 14.3. The summed E-state index contributed by atoms with van der Waals surface area (Å²) < 4.78 is 3.16. The molecule has 4 aromatic heterocycles. The maximum atomic E-state index is 4.69. The summed E-state index contributed by atoms with van der Waals surface area (Å²) in [7, 11) is 2.00. The Labute approximate surface area is 136 Å². The molecule has 0 aromatic carbocycles. The van der Waals surface area contributed by atoms with Crippen LogP contribution in [0.1, 0.15) is 16.8 Å². The van der Waals surface area contributed by atoms with Gasteiger partial charge in [0.15, 0.2) is 5.82 Å². The van der Waals surface area contributed by atoms with Crippen molar-refractivity contribution < 1.29 is 0 Å². The third-order valence-electron chi connectivity index (χ3n) is 3.79. The highest BCUT2D eigenvalue weighted by molar-refractivity contribution is 7.26. The van der Waals surface area contributed by atoms with Crippen molar-refractivity contribution in [2.75, 3.05) is 5.32 Å². The molecule has 0 saturated carbocycles. The molecule has 0 fully saturated rings. The number of rotatable bonds is 3. The van der Waals surface area contributed by atoms with Crippen LogP contribution in [0.2, 0.25) is 0 Å². The van der Waals surface area contributed by atoms with Gasteiger partial charge in [0.05, 0.1) is 10.2 Å². The summed E-state index contributed by atoms with van der Waals surface area (Å²) in [5.74, 6) is 0.948. The SMILES string of the molecule is Cc1cc(C)c2c(n1)sc1c(NCc3ccsc3)nn(C)c12. The number of nitrogens with zero attached hydrogens (tertiary/aromatic N) is 3. The quantitative estimate of drug-likeness (QED) is 0.603. The first kappa shape index (κ1) is 13.7. The maximum absolute atomic E-state index is 4.69. The van der Waals surface area contributed by atoms with Crippen molar-refractivity contribution >= 4 is 48.9 Å². The number of thiophene rings is 2. The number of hydrogen-bond donors (Lipinski definition) is 1. The second-order valence-corrected chi connectivity index (χ2v) is 7.28. The number of anilines is 1. The van der Waals surface area contributed by atoms with Crippen molar-refractivity contribution in [1.82, 2.24) is 14.8 Å². The lowest BCUT2D eigenvalue weighted by Gasteiger charge is -2.01. The van der Waals surface area contributed by atoms with Crippen LogP contribution >= 0.6 is 22.7 Å². The van der Waals surface area contributed by atoms with Crippen LogP contribution in [0.5, 0.6) is 0 Å². The Kier molecular flexibility index (Phi) is 3.16. The third-order valence-corrected chi connectivity index (χ3v) is 5.60. The molecular weight excluding hydrogens is 312 g/mol. The summed E-state index contributed by atoms with van der Waals surface area (Å²) in [6, 6.07) is 4.28. The summed E-state index contributed by atoms with van der Waals surface area (Å²) >= 11 is 3.44. The van der Waals surface area contributed by atoms with Crippen LogP contribution in [0.3, 0.4) is 0 Å². The average molecular weight is 328 g/mol. The van der Waals surface area contributed by atoms with Crippen molar-refractivity contribution in [2.45, 2.75) is 20.4 Å². The molecule has 0 aliphatic heterocycles. The first-order valence-corrected chi connectivity index (χ1v) is 8.88. The lowest BCUT2D eigenvalue weighted by Crippen LogP contribution is -2.00. The van der Waals surface area contributed by atoms with E-state index in [0.29, 0.717) is 0 Å². The molecule has 0 bridgehead atoms. The van der Waals surface area contributed by atoms with Crippen molar-refractivity contribution in [2.24, 2.45) is 7.05 Å². The highest BCUT2D eigenvalue weighted by Gasteiger charge is 2.17. The van der Waals surface area contributed by atoms with Gasteiger partial charge < -0.3 is 5.32 Å². The van der Waals surface area contributed by atoms with E-state index < -0.39 is 0 Å². The Morgan fingerprint density at radius 2 is 2.18 bits per heavy atom. The zero-order chi connectivity index (χ0) is 15.3. The van der Waals surface area contributed by atoms with Gasteiger partial charge in [-0.15, -0.1) is 11.3 Å². The molecule has 0 radical (unpaired) electrons. The van der Waals surface area contributed by atoms with Gasteiger partial charge in [0.25, 0.3) is 0 Å². The predicted octanol–water partition coefficient (Wildman–Crippen LogP) is 4.47. The lowest BCUT2D eigenvalue weighted by molar-refractivity contribution is 0.799. The van der Waals surface area contributed by atoms with E-state index in [4.69, 9.17) is 0 Å². The topological polar surface area (TPSA) is 42.7 Å². The number of pyridine rings is 1. The molecule has 0 saturated heterocycles. The standard InChI is InChI=1S/C16H16N4S2/c1-9-6-10(2)18-16-12(9)13-14(22-16)15(19-20(13)3)17-7-11-4-5-21-8-11/h4-6,8H,7H2,1-3H3,(H,17,19).